The second-order valence-corrected chi connectivity index (χ2v) is 20.7. The van der Waals surface area contributed by atoms with Gasteiger partial charge in [0, 0.05) is 52.7 Å². The second kappa shape index (κ2) is 16.2. The molecule has 0 N–H and O–H groups in total. The van der Waals surface area contributed by atoms with Crippen molar-refractivity contribution in [1.82, 2.24) is 4.57 Å². The van der Waals surface area contributed by atoms with E-state index in [0.29, 0.717) is 0 Å². The maximum atomic E-state index is 7.19. The van der Waals surface area contributed by atoms with Crippen molar-refractivity contribution in [2.75, 3.05) is 0 Å². The van der Waals surface area contributed by atoms with Gasteiger partial charge in [0.05, 0.1) is 28.5 Å². The number of benzene rings is 11. The first-order chi connectivity index (χ1) is 35.6. The van der Waals surface area contributed by atoms with Crippen LogP contribution in [0.4, 0.5) is 0 Å². The highest BCUT2D eigenvalue weighted by atomic mass is 32.1. The first kappa shape index (κ1) is 41.2. The Morgan fingerprint density at radius 1 is 0.486 bits per heavy atom. The van der Waals surface area contributed by atoms with E-state index in [2.05, 4.69) is 230 Å². The number of rotatable bonds is 5. The highest BCUT2D eigenvalue weighted by Crippen LogP contribution is 2.45. The number of fused-ring (bicyclic) bond motifs is 14. The third-order valence-corrected chi connectivity index (χ3v) is 16.6. The van der Waals surface area contributed by atoms with Crippen LogP contribution in [-0.4, -0.2) is 16.1 Å². The Labute approximate surface area is 419 Å². The highest BCUT2D eigenvalue weighted by molar-refractivity contribution is 7.25. The van der Waals surface area contributed by atoms with E-state index >= 15 is 0 Å². The van der Waals surface area contributed by atoms with Gasteiger partial charge in [-0.3, -0.25) is 4.99 Å². The minimum absolute atomic E-state index is 0.0898. The van der Waals surface area contributed by atoms with Crippen LogP contribution in [0, 0.1) is 5.92 Å². The van der Waals surface area contributed by atoms with E-state index in [1.807, 2.05) is 11.3 Å². The normalized spacial score (nSPS) is 17.1. The number of nitrogens with zero attached hydrogens (tertiary/aromatic N) is 3. The Bertz CT molecular complexity index is 4590. The summed E-state index contributed by atoms with van der Waals surface area (Å²) in [6.07, 6.45) is 1.67. The molecule has 340 valence electrons. The van der Waals surface area contributed by atoms with Gasteiger partial charge in [0.15, 0.2) is 11.4 Å². The average Bonchev–Trinajstić information content (AvgIpc) is 4.11. The summed E-state index contributed by atoms with van der Waals surface area (Å²) in [6.45, 7) is 2.37. The predicted octanol–water partition coefficient (Wildman–Crippen LogP) is 18.6. The van der Waals surface area contributed by atoms with Crippen LogP contribution < -0.4 is 0 Å². The number of aromatic nitrogens is 1. The molecular formula is C67H45N3OS. The fraction of sp³-hybridized carbons (Fsp3) is 0.0746. The lowest BCUT2D eigenvalue weighted by Gasteiger charge is -2.25. The molecule has 3 aromatic heterocycles. The predicted molar refractivity (Wildman–Crippen MR) is 306 cm³/mol. The van der Waals surface area contributed by atoms with E-state index in [0.717, 1.165) is 74.2 Å². The fourth-order valence-electron chi connectivity index (χ4n) is 11.8. The molecule has 15 rings (SSSR count). The van der Waals surface area contributed by atoms with Crippen molar-refractivity contribution in [3.05, 3.63) is 235 Å². The van der Waals surface area contributed by atoms with Crippen LogP contribution in [0.5, 0.6) is 0 Å². The molecule has 72 heavy (non-hydrogen) atoms. The molecule has 14 aromatic rings. The van der Waals surface area contributed by atoms with Crippen molar-refractivity contribution in [2.24, 2.45) is 15.9 Å². The van der Waals surface area contributed by atoms with Crippen molar-refractivity contribution in [1.29, 1.82) is 0 Å². The zero-order chi connectivity index (χ0) is 47.4. The molecule has 0 bridgehead atoms. The van der Waals surface area contributed by atoms with Crippen LogP contribution in [0.2, 0.25) is 0 Å². The Kier molecular flexibility index (Phi) is 9.27. The summed E-state index contributed by atoms with van der Waals surface area (Å²) in [5.74, 6) is 0.974. The van der Waals surface area contributed by atoms with E-state index in [1.54, 1.807) is 0 Å². The summed E-state index contributed by atoms with van der Waals surface area (Å²) in [4.78, 5) is 11.6. The van der Waals surface area contributed by atoms with Crippen molar-refractivity contribution in [2.45, 2.75) is 25.8 Å². The van der Waals surface area contributed by atoms with Crippen LogP contribution in [0.1, 0.15) is 42.5 Å². The first-order valence-corrected chi connectivity index (χ1v) is 25.9. The van der Waals surface area contributed by atoms with Crippen molar-refractivity contribution in [3.8, 4) is 16.8 Å². The number of furan rings is 1. The first-order valence-electron chi connectivity index (χ1n) is 25.0. The van der Waals surface area contributed by atoms with Crippen molar-refractivity contribution in [3.63, 3.8) is 0 Å². The Balaban J connectivity index is 1.01. The summed E-state index contributed by atoms with van der Waals surface area (Å²) in [7, 11) is 0. The van der Waals surface area contributed by atoms with Crippen molar-refractivity contribution < 1.29 is 4.42 Å². The molecule has 0 aliphatic carbocycles. The molecule has 11 aromatic carbocycles. The zero-order valence-corrected chi connectivity index (χ0v) is 40.3. The van der Waals surface area contributed by atoms with Gasteiger partial charge in [-0.25, -0.2) is 4.99 Å². The standard InChI is InChI=1S/C67H45N3OS/c1-40-23-32-57(68-67(48-30-34-62-55(36-48)52-21-11-12-22-61(52)72-62)69-64(40)45-26-24-42(25-27-45)41-13-3-2-4-14-41)49-37-56-63-50-19-9-7-15-43(50)29-33-60(63)71-66(56)59(39-49)70-58-38-47-18-6-5-17-46(47)35-54(58)53-31-28-44-16-8-10-20-51(44)65(53)70/h2-22,24-31,33-40,64H,23,32H2,1H3/b68-57+,69-67-. The maximum Gasteiger partial charge on any atom is 0.159 e. The number of amidine groups is 1. The molecule has 2 atom stereocenters. The van der Waals surface area contributed by atoms with Crippen LogP contribution in [0.3, 0.4) is 0 Å². The average molecular weight is 940 g/mol. The Morgan fingerprint density at radius 3 is 1.97 bits per heavy atom. The van der Waals surface area contributed by atoms with Crippen LogP contribution in [0.15, 0.2) is 233 Å². The summed E-state index contributed by atoms with van der Waals surface area (Å²) in [5.41, 5.74) is 11.7. The molecule has 0 radical (unpaired) electrons. The van der Waals surface area contributed by atoms with E-state index in [4.69, 9.17) is 14.4 Å². The van der Waals surface area contributed by atoms with Gasteiger partial charge in [-0.1, -0.05) is 171 Å². The van der Waals surface area contributed by atoms with Crippen LogP contribution in [0.25, 0.3) is 113 Å². The molecule has 4 nitrogen and oxygen atoms in total. The van der Waals surface area contributed by atoms with Gasteiger partial charge < -0.3 is 8.98 Å². The largest absolute Gasteiger partial charge is 0.454 e. The van der Waals surface area contributed by atoms with Gasteiger partial charge in [-0.2, -0.15) is 0 Å². The van der Waals surface area contributed by atoms with Crippen LogP contribution >= 0.6 is 11.3 Å². The van der Waals surface area contributed by atoms with E-state index < -0.39 is 0 Å². The topological polar surface area (TPSA) is 42.8 Å². The number of hydrogen-bond donors (Lipinski definition) is 0. The molecule has 2 unspecified atom stereocenters. The van der Waals surface area contributed by atoms with Gasteiger partial charge in [-0.15, -0.1) is 11.3 Å². The third-order valence-electron chi connectivity index (χ3n) is 15.4. The van der Waals surface area contributed by atoms with E-state index in [9.17, 15) is 0 Å². The second-order valence-electron chi connectivity index (χ2n) is 19.6. The van der Waals surface area contributed by atoms with Gasteiger partial charge in [-0.05, 0) is 123 Å². The summed E-state index contributed by atoms with van der Waals surface area (Å²) < 4.78 is 12.2. The number of thiophene rings is 1. The monoisotopic (exact) mass is 939 g/mol. The molecule has 0 saturated heterocycles. The third kappa shape index (κ3) is 6.51. The molecular weight excluding hydrogens is 895 g/mol. The number of aliphatic imine (C=N–C) groups is 2. The Morgan fingerprint density at radius 2 is 1.14 bits per heavy atom. The van der Waals surface area contributed by atoms with E-state index in [1.165, 1.54) is 80.0 Å². The summed E-state index contributed by atoms with van der Waals surface area (Å²) in [6, 6.07) is 79.7. The molecule has 1 aliphatic rings. The molecule has 0 saturated carbocycles. The lowest BCUT2D eigenvalue weighted by Crippen LogP contribution is -2.18. The Hall–Kier alpha value is -8.64. The minimum Gasteiger partial charge on any atom is -0.454 e. The smallest absolute Gasteiger partial charge is 0.159 e. The molecule has 4 heterocycles. The zero-order valence-electron chi connectivity index (χ0n) is 39.5. The lowest BCUT2D eigenvalue weighted by molar-refractivity contribution is 0.446. The summed E-state index contributed by atoms with van der Waals surface area (Å²) >= 11 is 1.84. The molecule has 5 heteroatoms. The van der Waals surface area contributed by atoms with Gasteiger partial charge >= 0.3 is 0 Å². The minimum atomic E-state index is -0.0898. The van der Waals surface area contributed by atoms with Gasteiger partial charge in [0.2, 0.25) is 0 Å². The van der Waals surface area contributed by atoms with E-state index in [-0.39, 0.29) is 12.0 Å². The van der Waals surface area contributed by atoms with Crippen LogP contribution in [-0.2, 0) is 0 Å². The highest BCUT2D eigenvalue weighted by Gasteiger charge is 2.27. The number of hydrogen-bond acceptors (Lipinski definition) is 4. The molecule has 1 aliphatic heterocycles. The lowest BCUT2D eigenvalue weighted by atomic mass is 9.87. The fourth-order valence-corrected chi connectivity index (χ4v) is 12.9. The SMILES string of the molecule is CC1CC/C(c2cc(-n3c4cc5ccccc5cc4c4ccc5ccccc5c43)c3oc4ccc5ccccc5c4c3c2)=N\C(c2ccc3sc4ccccc4c3c2)=N/C1c1ccc(-c2ccccc2)cc1. The van der Waals surface area contributed by atoms with Gasteiger partial charge in [0.25, 0.3) is 0 Å². The molecule has 0 amide bonds. The molecule has 0 fully saturated rings. The van der Waals surface area contributed by atoms with Crippen molar-refractivity contribution >= 4 is 119 Å². The van der Waals surface area contributed by atoms with Gasteiger partial charge in [0.1, 0.15) is 5.58 Å². The molecule has 0 spiro atoms. The maximum absolute atomic E-state index is 7.19. The quantitative estimate of drug-likeness (QED) is 0.170. The summed E-state index contributed by atoms with van der Waals surface area (Å²) in [5, 5.41) is 14.3.